The summed E-state index contributed by atoms with van der Waals surface area (Å²) in [5.41, 5.74) is 11.1. The van der Waals surface area contributed by atoms with Gasteiger partial charge in [0.25, 0.3) is 0 Å². The summed E-state index contributed by atoms with van der Waals surface area (Å²) >= 11 is 4.73. The van der Waals surface area contributed by atoms with Crippen LogP contribution in [0.2, 0.25) is 0 Å². The Balaban J connectivity index is 2.44. The molecule has 4 N–H and O–H groups in total. The Morgan fingerprint density at radius 3 is 2.50 bits per heavy atom. The van der Waals surface area contributed by atoms with Gasteiger partial charge < -0.3 is 16.4 Å². The molecule has 0 unspecified atom stereocenters. The fraction of sp³-hybridized carbons (Fsp3) is 0.333. The number of nitrogens with zero attached hydrogens (tertiary/aromatic N) is 3. The van der Waals surface area contributed by atoms with Crippen LogP contribution in [0.3, 0.4) is 0 Å². The van der Waals surface area contributed by atoms with E-state index >= 15 is 0 Å². The summed E-state index contributed by atoms with van der Waals surface area (Å²) in [6.07, 6.45) is -4.62. The average molecular weight is 335 g/mol. The summed E-state index contributed by atoms with van der Waals surface area (Å²) in [5, 5.41) is 4.35. The van der Waals surface area contributed by atoms with E-state index in [1.165, 1.54) is 6.07 Å². The number of halogens is 4. The maximum Gasteiger partial charge on any atom is 0.451 e. The smallest absolute Gasteiger partial charge is 0.398 e. The molecule has 22 heavy (non-hydrogen) atoms. The number of thiocarbonyl (C=S) groups is 1. The molecule has 5 nitrogen and oxygen atoms in total. The van der Waals surface area contributed by atoms with E-state index in [9.17, 15) is 17.6 Å². The highest BCUT2D eigenvalue weighted by molar-refractivity contribution is 7.80. The molecular formula is C12H13F4N5S. The van der Waals surface area contributed by atoms with E-state index < -0.39 is 17.8 Å². The molecule has 0 bridgehead atoms. The van der Waals surface area contributed by atoms with Crippen LogP contribution in [-0.4, -0.2) is 35.1 Å². The van der Waals surface area contributed by atoms with Crippen LogP contribution < -0.4 is 16.5 Å². The molecule has 0 aliphatic carbocycles. The second kappa shape index (κ2) is 5.59. The zero-order valence-electron chi connectivity index (χ0n) is 11.5. The minimum atomic E-state index is -4.62. The number of hydrazone groups is 1. The predicted molar refractivity (Wildman–Crippen MR) is 79.9 cm³/mol. The highest BCUT2D eigenvalue weighted by Gasteiger charge is 2.44. The van der Waals surface area contributed by atoms with E-state index in [0.29, 0.717) is 0 Å². The van der Waals surface area contributed by atoms with Gasteiger partial charge in [-0.05, 0) is 19.1 Å². The summed E-state index contributed by atoms with van der Waals surface area (Å²) in [4.78, 5) is 0.885. The third-order valence-corrected chi connectivity index (χ3v) is 3.34. The van der Waals surface area contributed by atoms with Gasteiger partial charge in [-0.15, -0.1) is 5.10 Å². The molecule has 1 aliphatic rings. The van der Waals surface area contributed by atoms with Crippen LogP contribution in [0.15, 0.2) is 17.2 Å². The van der Waals surface area contributed by atoms with Crippen LogP contribution in [-0.2, 0) is 0 Å². The number of anilines is 2. The Morgan fingerprint density at radius 1 is 1.41 bits per heavy atom. The van der Waals surface area contributed by atoms with Gasteiger partial charge in [0.1, 0.15) is 17.5 Å². The predicted octanol–water partition coefficient (Wildman–Crippen LogP) is 2.02. The van der Waals surface area contributed by atoms with E-state index in [4.69, 9.17) is 23.7 Å². The largest absolute Gasteiger partial charge is 0.451 e. The number of hydrogen-bond donors (Lipinski definition) is 2. The molecule has 0 saturated heterocycles. The van der Waals surface area contributed by atoms with Crippen LogP contribution in [0.4, 0.5) is 28.9 Å². The van der Waals surface area contributed by atoms with Crippen molar-refractivity contribution in [1.82, 2.24) is 4.90 Å². The molecule has 2 rings (SSSR count). The number of rotatable bonds is 3. The maximum atomic E-state index is 14.1. The fourth-order valence-corrected chi connectivity index (χ4v) is 2.22. The Kier molecular flexibility index (Phi) is 4.14. The molecule has 1 aliphatic heterocycles. The average Bonchev–Trinajstić information content (AvgIpc) is 2.84. The van der Waals surface area contributed by atoms with Crippen LogP contribution in [0, 0.1) is 5.82 Å². The van der Waals surface area contributed by atoms with Gasteiger partial charge in [-0.2, -0.15) is 13.2 Å². The van der Waals surface area contributed by atoms with Crippen molar-refractivity contribution in [3.63, 3.8) is 0 Å². The third kappa shape index (κ3) is 2.91. The lowest BCUT2D eigenvalue weighted by atomic mass is 10.1. The summed E-state index contributed by atoms with van der Waals surface area (Å²) in [6, 6.07) is 2.16. The maximum absolute atomic E-state index is 14.1. The first-order chi connectivity index (χ1) is 10.1. The molecule has 0 aromatic heterocycles. The van der Waals surface area contributed by atoms with Gasteiger partial charge in [0.2, 0.25) is 5.84 Å². The first-order valence-corrected chi connectivity index (χ1v) is 6.63. The monoisotopic (exact) mass is 335 g/mol. The highest BCUT2D eigenvalue weighted by atomic mass is 32.1. The minimum Gasteiger partial charge on any atom is -0.398 e. The second-order valence-electron chi connectivity index (χ2n) is 4.57. The van der Waals surface area contributed by atoms with Crippen molar-refractivity contribution in [2.24, 2.45) is 10.8 Å². The number of hydrogen-bond acceptors (Lipinski definition) is 5. The van der Waals surface area contributed by atoms with Gasteiger partial charge in [-0.3, -0.25) is 0 Å². The highest BCUT2D eigenvalue weighted by Crippen LogP contribution is 2.31. The van der Waals surface area contributed by atoms with Crippen LogP contribution in [0.25, 0.3) is 0 Å². The van der Waals surface area contributed by atoms with Crippen molar-refractivity contribution in [2.75, 3.05) is 24.0 Å². The molecule has 0 radical (unpaired) electrons. The summed E-state index contributed by atoms with van der Waals surface area (Å²) in [5.74, 6) is -1.88. The molecule has 1 heterocycles. The van der Waals surface area contributed by atoms with Crippen molar-refractivity contribution in [2.45, 2.75) is 13.1 Å². The van der Waals surface area contributed by atoms with Gasteiger partial charge in [0, 0.05) is 17.8 Å². The summed E-state index contributed by atoms with van der Waals surface area (Å²) in [6.45, 7) is 1.40. The van der Waals surface area contributed by atoms with Gasteiger partial charge in [0.05, 0.1) is 5.69 Å². The standard InChI is InChI=1S/C12H13F4N5S/c1-2-20-5-21(19-11(20)12(14,15)16)9-4-8(17)6(10(18)22)3-7(9)13/h3-4H,2,5,17H2,1H3,(H2,18,22). The van der Waals surface area contributed by atoms with Gasteiger partial charge in [0.15, 0.2) is 0 Å². The van der Waals surface area contributed by atoms with Gasteiger partial charge in [-0.1, -0.05) is 12.2 Å². The molecule has 0 amide bonds. The first kappa shape index (κ1) is 16.3. The molecule has 0 fully saturated rings. The molecule has 0 spiro atoms. The molecule has 0 saturated carbocycles. The Hall–Kier alpha value is -2.10. The third-order valence-electron chi connectivity index (χ3n) is 3.12. The lowest BCUT2D eigenvalue weighted by Crippen LogP contribution is -2.38. The SMILES string of the molecule is CCN1CN(c2cc(N)c(C(N)=S)cc2F)N=C1C(F)(F)F. The van der Waals surface area contributed by atoms with E-state index in [0.717, 1.165) is 16.0 Å². The normalized spacial score (nSPS) is 15.2. The zero-order valence-corrected chi connectivity index (χ0v) is 12.3. The van der Waals surface area contributed by atoms with Crippen molar-refractivity contribution < 1.29 is 17.6 Å². The van der Waals surface area contributed by atoms with Crippen molar-refractivity contribution >= 4 is 34.4 Å². The quantitative estimate of drug-likeness (QED) is 0.502. The lowest BCUT2D eigenvalue weighted by Gasteiger charge is -2.21. The Morgan fingerprint density at radius 2 is 2.05 bits per heavy atom. The van der Waals surface area contributed by atoms with Gasteiger partial charge in [-0.25, -0.2) is 9.40 Å². The van der Waals surface area contributed by atoms with Crippen LogP contribution in [0.1, 0.15) is 12.5 Å². The van der Waals surface area contributed by atoms with Crippen molar-refractivity contribution in [1.29, 1.82) is 0 Å². The molecule has 10 heteroatoms. The first-order valence-electron chi connectivity index (χ1n) is 6.22. The van der Waals surface area contributed by atoms with E-state index in [1.807, 2.05) is 0 Å². The van der Waals surface area contributed by atoms with Gasteiger partial charge >= 0.3 is 6.18 Å². The van der Waals surface area contributed by atoms with E-state index in [-0.39, 0.29) is 35.1 Å². The molecule has 1 aromatic carbocycles. The second-order valence-corrected chi connectivity index (χ2v) is 5.01. The number of benzene rings is 1. The number of alkyl halides is 3. The summed E-state index contributed by atoms with van der Waals surface area (Å²) < 4.78 is 52.8. The minimum absolute atomic E-state index is 0.0719. The van der Waals surface area contributed by atoms with Crippen LogP contribution in [0.5, 0.6) is 0 Å². The Labute approximate surface area is 129 Å². The van der Waals surface area contributed by atoms with Crippen LogP contribution >= 0.6 is 12.2 Å². The van der Waals surface area contributed by atoms with Crippen molar-refractivity contribution in [3.05, 3.63) is 23.5 Å². The van der Waals surface area contributed by atoms with E-state index in [2.05, 4.69) is 5.10 Å². The van der Waals surface area contributed by atoms with Crippen molar-refractivity contribution in [3.8, 4) is 0 Å². The number of amidine groups is 1. The summed E-state index contributed by atoms with van der Waals surface area (Å²) in [7, 11) is 0. The van der Waals surface area contributed by atoms with E-state index in [1.54, 1.807) is 6.92 Å². The number of nitrogens with two attached hydrogens (primary N) is 2. The number of nitrogen functional groups attached to an aromatic ring is 1. The Bertz CT molecular complexity index is 643. The zero-order chi connectivity index (χ0) is 16.7. The molecule has 1 aromatic rings. The topological polar surface area (TPSA) is 70.9 Å². The molecule has 0 atom stereocenters. The lowest BCUT2D eigenvalue weighted by molar-refractivity contribution is -0.0671. The molecular weight excluding hydrogens is 322 g/mol. The fourth-order valence-electron chi connectivity index (χ4n) is 2.04. The molecule has 120 valence electrons.